The van der Waals surface area contributed by atoms with Crippen LogP contribution in [0.15, 0.2) is 12.2 Å². The number of allylic oxidation sites excluding steroid dienone is 1. The van der Waals surface area contributed by atoms with Crippen molar-refractivity contribution in [1.29, 1.82) is 0 Å². The smallest absolute Gasteiger partial charge is 0.0933 e. The van der Waals surface area contributed by atoms with Gasteiger partial charge in [-0.2, -0.15) is 5.06 Å². The predicted octanol–water partition coefficient (Wildman–Crippen LogP) is 1.98. The molecule has 0 aromatic rings. The molecule has 5 atom stereocenters. The molecule has 0 amide bonds. The van der Waals surface area contributed by atoms with E-state index in [4.69, 9.17) is 4.84 Å². The molecule has 0 aromatic heterocycles. The minimum absolute atomic E-state index is 0.522. The normalized spacial score (nSPS) is 59.5. The van der Waals surface area contributed by atoms with Gasteiger partial charge in [0.1, 0.15) is 0 Å². The molecule has 3 fully saturated rings. The fourth-order valence-electron chi connectivity index (χ4n) is 4.71. The second-order valence-electron chi connectivity index (χ2n) is 5.48. The van der Waals surface area contributed by atoms with E-state index in [1.807, 2.05) is 0 Å². The monoisotopic (exact) mass is 191 g/mol. The number of rotatable bonds is 0. The molecule has 1 aliphatic heterocycles. The highest BCUT2D eigenvalue weighted by atomic mass is 16.7. The Morgan fingerprint density at radius 1 is 1.43 bits per heavy atom. The van der Waals surface area contributed by atoms with E-state index in [1.54, 1.807) is 0 Å². The van der Waals surface area contributed by atoms with Crippen LogP contribution in [0.2, 0.25) is 0 Å². The Bertz CT molecular complexity index is 313. The summed E-state index contributed by atoms with van der Waals surface area (Å²) in [6.07, 6.45) is 10.9. The number of hydrogen-bond donors (Lipinski definition) is 0. The van der Waals surface area contributed by atoms with Gasteiger partial charge < -0.3 is 0 Å². The summed E-state index contributed by atoms with van der Waals surface area (Å²) in [6, 6.07) is 0.715. The molecule has 4 aliphatic rings. The van der Waals surface area contributed by atoms with Crippen molar-refractivity contribution < 1.29 is 4.84 Å². The second kappa shape index (κ2) is 2.25. The zero-order chi connectivity index (χ0) is 9.34. The summed E-state index contributed by atoms with van der Waals surface area (Å²) >= 11 is 0. The van der Waals surface area contributed by atoms with Crippen LogP contribution in [0, 0.1) is 17.3 Å². The molecule has 0 radical (unpaired) electrons. The second-order valence-corrected chi connectivity index (χ2v) is 5.48. The van der Waals surface area contributed by atoms with E-state index in [0.717, 1.165) is 11.8 Å². The van der Waals surface area contributed by atoms with E-state index in [9.17, 15) is 0 Å². The van der Waals surface area contributed by atoms with Gasteiger partial charge in [0.2, 0.25) is 0 Å². The van der Waals surface area contributed by atoms with Crippen molar-refractivity contribution in [2.75, 3.05) is 7.05 Å². The molecule has 1 saturated heterocycles. The predicted molar refractivity (Wildman–Crippen MR) is 53.4 cm³/mol. The molecule has 1 spiro atoms. The highest BCUT2D eigenvalue weighted by Crippen LogP contribution is 2.65. The van der Waals surface area contributed by atoms with Crippen LogP contribution in [0.4, 0.5) is 0 Å². The van der Waals surface area contributed by atoms with Crippen LogP contribution < -0.4 is 0 Å². The van der Waals surface area contributed by atoms with Crippen LogP contribution >= 0.6 is 0 Å². The van der Waals surface area contributed by atoms with Crippen molar-refractivity contribution in [2.45, 2.75) is 37.8 Å². The molecular formula is C12H17NO. The van der Waals surface area contributed by atoms with Crippen LogP contribution in [0.5, 0.6) is 0 Å². The average Bonchev–Trinajstić information content (AvgIpc) is 2.84. The quantitative estimate of drug-likeness (QED) is 0.543. The van der Waals surface area contributed by atoms with Gasteiger partial charge in [-0.3, -0.25) is 4.84 Å². The van der Waals surface area contributed by atoms with Gasteiger partial charge in [0.25, 0.3) is 0 Å². The molecular weight excluding hydrogens is 174 g/mol. The summed E-state index contributed by atoms with van der Waals surface area (Å²) in [5.74, 6) is 1.56. The highest BCUT2D eigenvalue weighted by molar-refractivity contribution is 5.25. The van der Waals surface area contributed by atoms with Crippen molar-refractivity contribution in [3.8, 4) is 0 Å². The summed E-state index contributed by atoms with van der Waals surface area (Å²) < 4.78 is 0. The van der Waals surface area contributed by atoms with Gasteiger partial charge in [-0.25, -0.2) is 0 Å². The van der Waals surface area contributed by atoms with Gasteiger partial charge in [-0.15, -0.1) is 0 Å². The Balaban J connectivity index is 1.86. The number of hydrogen-bond acceptors (Lipinski definition) is 2. The van der Waals surface area contributed by atoms with Gasteiger partial charge in [0.15, 0.2) is 0 Å². The summed E-state index contributed by atoms with van der Waals surface area (Å²) in [5, 5.41) is 2.17. The fourth-order valence-corrected chi connectivity index (χ4v) is 4.71. The average molecular weight is 191 g/mol. The maximum atomic E-state index is 6.06. The lowest BCUT2D eigenvalue weighted by Crippen LogP contribution is -2.40. The third-order valence-electron chi connectivity index (χ3n) is 5.15. The summed E-state index contributed by atoms with van der Waals surface area (Å²) in [6.45, 7) is 0. The van der Waals surface area contributed by atoms with Gasteiger partial charge in [0, 0.05) is 24.4 Å². The zero-order valence-corrected chi connectivity index (χ0v) is 8.65. The maximum absolute atomic E-state index is 6.06. The van der Waals surface area contributed by atoms with Crippen LogP contribution in [-0.4, -0.2) is 24.3 Å². The molecule has 3 aliphatic carbocycles. The lowest BCUT2D eigenvalue weighted by Gasteiger charge is -2.34. The minimum atomic E-state index is 0.522. The Morgan fingerprint density at radius 2 is 2.36 bits per heavy atom. The Kier molecular flexibility index (Phi) is 1.27. The zero-order valence-electron chi connectivity index (χ0n) is 8.65. The first-order valence-corrected chi connectivity index (χ1v) is 5.90. The Morgan fingerprint density at radius 3 is 3.29 bits per heavy atom. The van der Waals surface area contributed by atoms with E-state index >= 15 is 0 Å². The van der Waals surface area contributed by atoms with Gasteiger partial charge in [-0.1, -0.05) is 18.6 Å². The summed E-state index contributed by atoms with van der Waals surface area (Å²) in [4.78, 5) is 6.06. The third kappa shape index (κ3) is 0.636. The summed E-state index contributed by atoms with van der Waals surface area (Å²) in [7, 11) is 2.13. The van der Waals surface area contributed by atoms with Crippen LogP contribution in [0.3, 0.4) is 0 Å². The van der Waals surface area contributed by atoms with Gasteiger partial charge in [0.05, 0.1) is 6.10 Å². The fraction of sp³-hybridized carbons (Fsp3) is 0.833. The van der Waals surface area contributed by atoms with Crippen molar-refractivity contribution in [1.82, 2.24) is 5.06 Å². The maximum Gasteiger partial charge on any atom is 0.0933 e. The number of hydroxylamine groups is 2. The highest BCUT2D eigenvalue weighted by Gasteiger charge is 2.67. The molecule has 0 unspecified atom stereocenters. The molecule has 14 heavy (non-hydrogen) atoms. The minimum Gasteiger partial charge on any atom is -0.294 e. The van der Waals surface area contributed by atoms with Crippen molar-refractivity contribution in [3.63, 3.8) is 0 Å². The van der Waals surface area contributed by atoms with Crippen molar-refractivity contribution >= 4 is 0 Å². The van der Waals surface area contributed by atoms with E-state index in [1.165, 1.54) is 25.7 Å². The topological polar surface area (TPSA) is 12.5 Å². The largest absolute Gasteiger partial charge is 0.294 e. The third-order valence-corrected chi connectivity index (χ3v) is 5.15. The van der Waals surface area contributed by atoms with Gasteiger partial charge in [-0.05, 0) is 25.2 Å². The number of fused-ring (bicyclic) bond motifs is 3. The first-order valence-electron chi connectivity index (χ1n) is 5.90. The van der Waals surface area contributed by atoms with Gasteiger partial charge >= 0.3 is 0 Å². The number of nitrogens with zero attached hydrogens (tertiary/aromatic N) is 1. The SMILES string of the molecule is CN1O[C@H]2[C@H]3C=C[C@H](C3)[C@]23CCC[C@H]13. The van der Waals surface area contributed by atoms with E-state index in [-0.39, 0.29) is 0 Å². The molecule has 2 heteroatoms. The van der Waals surface area contributed by atoms with Crippen LogP contribution in [0.25, 0.3) is 0 Å². The molecule has 2 bridgehead atoms. The molecule has 2 nitrogen and oxygen atoms in total. The first kappa shape index (κ1) is 7.89. The summed E-state index contributed by atoms with van der Waals surface area (Å²) in [5.41, 5.74) is 0.522. The van der Waals surface area contributed by atoms with E-state index in [2.05, 4.69) is 24.3 Å². The standard InChI is InChI=1S/C12H17NO/c1-13-10-3-2-6-12(10)9-5-4-8(7-9)11(12)14-13/h4-5,8-11H,2-3,6-7H2,1H3/t8-,9+,10-,11-,12-/m0/s1. The van der Waals surface area contributed by atoms with Crippen molar-refractivity contribution in [3.05, 3.63) is 12.2 Å². The molecule has 4 rings (SSSR count). The molecule has 2 saturated carbocycles. The van der Waals surface area contributed by atoms with E-state index in [0.29, 0.717) is 17.6 Å². The lowest BCUT2D eigenvalue weighted by molar-refractivity contribution is -0.154. The first-order chi connectivity index (χ1) is 6.82. The Hall–Kier alpha value is -0.340. The molecule has 0 N–H and O–H groups in total. The van der Waals surface area contributed by atoms with Crippen molar-refractivity contribution in [2.24, 2.45) is 17.3 Å². The van der Waals surface area contributed by atoms with Crippen LogP contribution in [0.1, 0.15) is 25.7 Å². The lowest BCUT2D eigenvalue weighted by atomic mass is 9.70. The Labute approximate surface area is 84.9 Å². The van der Waals surface area contributed by atoms with Crippen LogP contribution in [-0.2, 0) is 4.84 Å². The van der Waals surface area contributed by atoms with E-state index < -0.39 is 0 Å². The molecule has 76 valence electrons. The molecule has 1 heterocycles. The molecule has 0 aromatic carbocycles.